The van der Waals surface area contributed by atoms with Crippen LogP contribution in [-0.4, -0.2) is 25.3 Å². The second-order valence-electron chi connectivity index (χ2n) is 6.66. The molecule has 32 heavy (non-hydrogen) atoms. The molecule has 0 saturated carbocycles. The Morgan fingerprint density at radius 1 is 1.00 bits per heavy atom. The summed E-state index contributed by atoms with van der Waals surface area (Å²) in [6, 6.07) is 12.5. The molecule has 0 spiro atoms. The quantitative estimate of drug-likeness (QED) is 0.414. The maximum atomic E-state index is 13.3. The average Bonchev–Trinajstić information content (AvgIpc) is 3.27. The van der Waals surface area contributed by atoms with Gasteiger partial charge in [-0.3, -0.25) is 4.79 Å². The number of hydrogen-bond acceptors (Lipinski definition) is 7. The first-order valence-electron chi connectivity index (χ1n) is 9.35. The number of hydrogen-bond donors (Lipinski definition) is 1. The van der Waals surface area contributed by atoms with Gasteiger partial charge in [-0.2, -0.15) is 0 Å². The standard InChI is InChI=1S/C23H17ClO8/c1-28-17-6-3-12(9-19(17)29-2)21-22(30-11-14-5-8-18(31-14)23(26)27)20(25)15-10-13(24)4-7-16(15)32-21/h3-10H,11H2,1-2H3,(H,26,27). The molecule has 0 radical (unpaired) electrons. The first-order chi connectivity index (χ1) is 15.4. The summed E-state index contributed by atoms with van der Waals surface area (Å²) in [4.78, 5) is 24.3. The minimum Gasteiger partial charge on any atom is -0.493 e. The molecule has 164 valence electrons. The zero-order chi connectivity index (χ0) is 22.8. The van der Waals surface area contributed by atoms with Gasteiger partial charge < -0.3 is 28.2 Å². The van der Waals surface area contributed by atoms with Crippen molar-refractivity contribution in [1.29, 1.82) is 0 Å². The van der Waals surface area contributed by atoms with Gasteiger partial charge in [0.15, 0.2) is 17.3 Å². The largest absolute Gasteiger partial charge is 0.493 e. The minimum absolute atomic E-state index is 0.0831. The molecule has 4 aromatic rings. The number of carbonyl (C=O) groups is 1. The van der Waals surface area contributed by atoms with Gasteiger partial charge in [0.1, 0.15) is 18.0 Å². The van der Waals surface area contributed by atoms with Crippen LogP contribution in [0.15, 0.2) is 62.2 Å². The molecule has 9 heteroatoms. The van der Waals surface area contributed by atoms with E-state index in [1.165, 1.54) is 32.4 Å². The normalized spacial score (nSPS) is 10.8. The van der Waals surface area contributed by atoms with Gasteiger partial charge in [0.05, 0.1) is 19.6 Å². The minimum atomic E-state index is -1.21. The predicted molar refractivity (Wildman–Crippen MR) is 116 cm³/mol. The SMILES string of the molecule is COc1ccc(-c2oc3ccc(Cl)cc3c(=O)c2OCc2ccc(C(=O)O)o2)cc1OC. The van der Waals surface area contributed by atoms with E-state index in [0.29, 0.717) is 27.7 Å². The molecular weight excluding hydrogens is 440 g/mol. The Labute approximate surface area is 186 Å². The Morgan fingerprint density at radius 2 is 1.78 bits per heavy atom. The van der Waals surface area contributed by atoms with Crippen LogP contribution >= 0.6 is 11.6 Å². The summed E-state index contributed by atoms with van der Waals surface area (Å²) in [6.45, 7) is -0.190. The zero-order valence-electron chi connectivity index (χ0n) is 17.0. The fraction of sp³-hybridized carbons (Fsp3) is 0.130. The van der Waals surface area contributed by atoms with Crippen LogP contribution in [0.2, 0.25) is 5.02 Å². The van der Waals surface area contributed by atoms with Crippen molar-refractivity contribution >= 4 is 28.5 Å². The number of furan rings is 1. The summed E-state index contributed by atoms with van der Waals surface area (Å²) in [7, 11) is 3.01. The molecule has 0 fully saturated rings. The number of rotatable bonds is 7. The smallest absolute Gasteiger partial charge is 0.371 e. The number of ether oxygens (including phenoxy) is 3. The molecule has 2 aromatic heterocycles. The van der Waals surface area contributed by atoms with Crippen LogP contribution in [0.25, 0.3) is 22.3 Å². The topological polar surface area (TPSA) is 108 Å². The summed E-state index contributed by atoms with van der Waals surface area (Å²) >= 11 is 6.06. The number of fused-ring (bicyclic) bond motifs is 1. The highest BCUT2D eigenvalue weighted by Crippen LogP contribution is 2.37. The highest BCUT2D eigenvalue weighted by molar-refractivity contribution is 6.31. The van der Waals surface area contributed by atoms with Crippen LogP contribution in [0.1, 0.15) is 16.3 Å². The van der Waals surface area contributed by atoms with E-state index in [1.807, 2.05) is 0 Å². The maximum absolute atomic E-state index is 13.3. The zero-order valence-corrected chi connectivity index (χ0v) is 17.8. The number of aromatic carboxylic acids is 1. The van der Waals surface area contributed by atoms with Crippen molar-refractivity contribution in [1.82, 2.24) is 0 Å². The molecule has 0 bridgehead atoms. The summed E-state index contributed by atoms with van der Waals surface area (Å²) in [5, 5.41) is 9.63. The number of carboxylic acids is 1. The van der Waals surface area contributed by atoms with Gasteiger partial charge in [-0.05, 0) is 48.5 Å². The molecule has 0 aliphatic carbocycles. The third-order valence-corrected chi connectivity index (χ3v) is 4.92. The molecule has 0 amide bonds. The summed E-state index contributed by atoms with van der Waals surface area (Å²) in [5.41, 5.74) is 0.392. The van der Waals surface area contributed by atoms with E-state index in [4.69, 9.17) is 39.8 Å². The van der Waals surface area contributed by atoms with Crippen molar-refractivity contribution in [3.63, 3.8) is 0 Å². The number of carboxylic acid groups (broad SMARTS) is 1. The van der Waals surface area contributed by atoms with Crippen molar-refractivity contribution in [2.45, 2.75) is 6.61 Å². The van der Waals surface area contributed by atoms with E-state index in [-0.39, 0.29) is 35.0 Å². The van der Waals surface area contributed by atoms with Crippen LogP contribution in [0.3, 0.4) is 0 Å². The van der Waals surface area contributed by atoms with E-state index in [1.54, 1.807) is 30.3 Å². The molecule has 8 nitrogen and oxygen atoms in total. The molecule has 0 aliphatic heterocycles. The lowest BCUT2D eigenvalue weighted by atomic mass is 10.1. The highest BCUT2D eigenvalue weighted by Gasteiger charge is 2.20. The highest BCUT2D eigenvalue weighted by atomic mass is 35.5. The lowest BCUT2D eigenvalue weighted by Gasteiger charge is -2.13. The molecule has 0 unspecified atom stereocenters. The van der Waals surface area contributed by atoms with Crippen LogP contribution in [0.5, 0.6) is 17.2 Å². The van der Waals surface area contributed by atoms with E-state index < -0.39 is 11.4 Å². The van der Waals surface area contributed by atoms with Gasteiger partial charge in [-0.1, -0.05) is 11.6 Å². The first-order valence-corrected chi connectivity index (χ1v) is 9.72. The number of halogens is 1. The Morgan fingerprint density at radius 3 is 2.47 bits per heavy atom. The molecule has 2 aromatic carbocycles. The lowest BCUT2D eigenvalue weighted by Crippen LogP contribution is -2.10. The molecule has 2 heterocycles. The van der Waals surface area contributed by atoms with Crippen molar-refractivity contribution in [3.05, 3.63) is 75.3 Å². The molecule has 1 N–H and O–H groups in total. The van der Waals surface area contributed by atoms with Gasteiger partial charge in [-0.15, -0.1) is 0 Å². The fourth-order valence-electron chi connectivity index (χ4n) is 3.16. The molecule has 0 atom stereocenters. The summed E-state index contributed by atoms with van der Waals surface area (Å²) < 4.78 is 27.6. The predicted octanol–water partition coefficient (Wildman–Crippen LogP) is 5.00. The van der Waals surface area contributed by atoms with Crippen molar-refractivity contribution in [3.8, 4) is 28.6 Å². The molecule has 0 aliphatic rings. The number of methoxy groups -OCH3 is 2. The maximum Gasteiger partial charge on any atom is 0.371 e. The Bertz CT molecular complexity index is 1370. The van der Waals surface area contributed by atoms with Crippen LogP contribution in [0.4, 0.5) is 0 Å². The lowest BCUT2D eigenvalue weighted by molar-refractivity contribution is 0.0658. The third-order valence-electron chi connectivity index (χ3n) is 4.69. The second-order valence-corrected chi connectivity index (χ2v) is 7.10. The van der Waals surface area contributed by atoms with Crippen LogP contribution in [-0.2, 0) is 6.61 Å². The first kappa shape index (κ1) is 21.3. The Balaban J connectivity index is 1.84. The van der Waals surface area contributed by atoms with E-state index in [0.717, 1.165) is 0 Å². The average molecular weight is 457 g/mol. The second kappa shape index (κ2) is 8.68. The van der Waals surface area contributed by atoms with Crippen LogP contribution in [0, 0.1) is 0 Å². The van der Waals surface area contributed by atoms with Crippen molar-refractivity contribution in [2.75, 3.05) is 14.2 Å². The summed E-state index contributed by atoms with van der Waals surface area (Å²) in [6.07, 6.45) is 0. The van der Waals surface area contributed by atoms with Gasteiger partial charge in [0, 0.05) is 10.6 Å². The molecular formula is C23H17ClO8. The van der Waals surface area contributed by atoms with E-state index in [9.17, 15) is 9.59 Å². The van der Waals surface area contributed by atoms with E-state index >= 15 is 0 Å². The van der Waals surface area contributed by atoms with Gasteiger partial charge in [0.25, 0.3) is 0 Å². The van der Waals surface area contributed by atoms with Crippen molar-refractivity contribution in [2.24, 2.45) is 0 Å². The van der Waals surface area contributed by atoms with Crippen molar-refractivity contribution < 1.29 is 32.9 Å². The summed E-state index contributed by atoms with van der Waals surface area (Å²) in [5.74, 6) is -0.192. The third kappa shape index (κ3) is 4.00. The van der Waals surface area contributed by atoms with Gasteiger partial charge in [-0.25, -0.2) is 4.79 Å². The Hall–Kier alpha value is -3.91. The number of benzene rings is 2. The Kier molecular flexibility index (Phi) is 5.79. The fourth-order valence-corrected chi connectivity index (χ4v) is 3.33. The molecule has 0 saturated heterocycles. The molecule has 4 rings (SSSR count). The monoisotopic (exact) mass is 456 g/mol. The van der Waals surface area contributed by atoms with Gasteiger partial charge >= 0.3 is 5.97 Å². The van der Waals surface area contributed by atoms with E-state index in [2.05, 4.69) is 0 Å². The van der Waals surface area contributed by atoms with Gasteiger partial charge in [0.2, 0.25) is 16.9 Å². The van der Waals surface area contributed by atoms with Crippen LogP contribution < -0.4 is 19.6 Å².